The van der Waals surface area contributed by atoms with E-state index in [0.29, 0.717) is 6.42 Å². The molecule has 1 aliphatic heterocycles. The van der Waals surface area contributed by atoms with Crippen molar-refractivity contribution in [2.75, 3.05) is 13.2 Å². The molecule has 9 nitrogen and oxygen atoms in total. The zero-order chi connectivity index (χ0) is 57.9. The van der Waals surface area contributed by atoms with Crippen LogP contribution in [0.5, 0.6) is 0 Å². The summed E-state index contributed by atoms with van der Waals surface area (Å²) in [6.07, 6.45) is 71.9. The molecule has 1 amide bonds. The molecule has 0 bridgehead atoms. The quantitative estimate of drug-likeness (QED) is 0.0261. The molecule has 0 aromatic heterocycles. The van der Waals surface area contributed by atoms with E-state index in [0.717, 1.165) is 38.5 Å². The van der Waals surface area contributed by atoms with Crippen molar-refractivity contribution in [2.45, 2.75) is 423 Å². The van der Waals surface area contributed by atoms with Gasteiger partial charge in [0.15, 0.2) is 6.29 Å². The molecule has 0 spiro atoms. The lowest BCUT2D eigenvalue weighted by Crippen LogP contribution is -2.60. The number of nitrogens with one attached hydrogen (secondary N) is 1. The number of aliphatic hydroxyl groups is 5. The second-order valence-electron chi connectivity index (χ2n) is 25.4. The van der Waals surface area contributed by atoms with Crippen molar-refractivity contribution in [2.24, 2.45) is 0 Å². The number of carbonyl (C=O) groups is 1. The zero-order valence-corrected chi connectivity index (χ0v) is 53.4. The minimum atomic E-state index is -1.56. The molecule has 1 aliphatic rings. The molecule has 7 unspecified atom stereocenters. The van der Waals surface area contributed by atoms with Crippen LogP contribution < -0.4 is 5.32 Å². The van der Waals surface area contributed by atoms with Crippen LogP contribution in [0.15, 0.2) is 12.2 Å². The minimum Gasteiger partial charge on any atom is -0.394 e. The molecule has 476 valence electrons. The number of carbonyl (C=O) groups excluding carboxylic acids is 1. The Morgan fingerprint density at radius 3 is 0.975 bits per heavy atom. The SMILES string of the molecule is CCCCCCCCCCCCCCCCCCCCCCC/C=C/C(O)C(COC1OC(CO)C(O)C(O)C1O)NC(=O)CCCCCCCCCCCCCCCCCCCCCCCCCCCCCCCCCCCC. The largest absolute Gasteiger partial charge is 0.394 e. The summed E-state index contributed by atoms with van der Waals surface area (Å²) in [7, 11) is 0. The Morgan fingerprint density at radius 2 is 0.688 bits per heavy atom. The number of hydrogen-bond acceptors (Lipinski definition) is 8. The van der Waals surface area contributed by atoms with Gasteiger partial charge >= 0.3 is 0 Å². The van der Waals surface area contributed by atoms with Gasteiger partial charge in [-0.15, -0.1) is 0 Å². The molecule has 1 rings (SSSR count). The van der Waals surface area contributed by atoms with Crippen molar-refractivity contribution in [3.8, 4) is 0 Å². The third-order valence-corrected chi connectivity index (χ3v) is 17.6. The molecular weight excluding hydrogens is 995 g/mol. The maximum Gasteiger partial charge on any atom is 0.220 e. The standard InChI is InChI=1S/C71H139NO8/c1-3-5-7-9-11-13-15-17-19-21-23-25-27-28-29-30-31-32-33-34-35-36-37-39-41-43-45-47-49-51-53-55-57-59-61-67(75)72-64(63-79-71-70(78)69(77)68(76)66(62-73)80-71)65(74)60-58-56-54-52-50-48-46-44-42-40-38-26-24-22-20-18-16-14-12-10-8-6-4-2/h58,60,64-66,68-71,73-74,76-78H,3-57,59,61-63H2,1-2H3,(H,72,75)/b60-58+. The summed E-state index contributed by atoms with van der Waals surface area (Å²) in [5, 5.41) is 54.8. The van der Waals surface area contributed by atoms with Crippen molar-refractivity contribution in [1.29, 1.82) is 0 Å². The lowest BCUT2D eigenvalue weighted by atomic mass is 9.99. The third-order valence-electron chi connectivity index (χ3n) is 17.6. The predicted octanol–water partition coefficient (Wildman–Crippen LogP) is 19.5. The lowest BCUT2D eigenvalue weighted by Gasteiger charge is -2.40. The fourth-order valence-electron chi connectivity index (χ4n) is 12.0. The Bertz CT molecular complexity index is 1270. The molecule has 1 fully saturated rings. The van der Waals surface area contributed by atoms with Crippen LogP contribution in [0.1, 0.15) is 380 Å². The highest BCUT2D eigenvalue weighted by Crippen LogP contribution is 2.24. The van der Waals surface area contributed by atoms with E-state index in [-0.39, 0.29) is 12.5 Å². The van der Waals surface area contributed by atoms with Gasteiger partial charge in [0.05, 0.1) is 25.4 Å². The monoisotopic (exact) mass is 1130 g/mol. The number of ether oxygens (including phenoxy) is 2. The first kappa shape index (κ1) is 76.9. The molecule has 0 radical (unpaired) electrons. The number of allylic oxidation sites excluding steroid dienone is 1. The summed E-state index contributed by atoms with van der Waals surface area (Å²) in [6.45, 7) is 3.85. The zero-order valence-electron chi connectivity index (χ0n) is 53.4. The van der Waals surface area contributed by atoms with Crippen molar-refractivity contribution in [1.82, 2.24) is 5.32 Å². The van der Waals surface area contributed by atoms with E-state index in [1.807, 2.05) is 6.08 Å². The molecule has 80 heavy (non-hydrogen) atoms. The van der Waals surface area contributed by atoms with Crippen LogP contribution in [0.2, 0.25) is 0 Å². The average Bonchev–Trinajstić information content (AvgIpc) is 3.49. The molecule has 0 aliphatic carbocycles. The van der Waals surface area contributed by atoms with Gasteiger partial charge < -0.3 is 40.3 Å². The first-order valence-corrected chi connectivity index (χ1v) is 35.9. The van der Waals surface area contributed by atoms with Gasteiger partial charge in [0, 0.05) is 6.42 Å². The molecule has 7 atom stereocenters. The van der Waals surface area contributed by atoms with Gasteiger partial charge in [-0.1, -0.05) is 366 Å². The van der Waals surface area contributed by atoms with Gasteiger partial charge in [-0.05, 0) is 19.3 Å². The third kappa shape index (κ3) is 49.2. The molecule has 9 heteroatoms. The van der Waals surface area contributed by atoms with Crippen LogP contribution in [0, 0.1) is 0 Å². The summed E-state index contributed by atoms with van der Waals surface area (Å²) in [5.41, 5.74) is 0. The number of amides is 1. The van der Waals surface area contributed by atoms with Crippen LogP contribution >= 0.6 is 0 Å². The summed E-state index contributed by atoms with van der Waals surface area (Å²) in [4.78, 5) is 13.1. The second kappa shape index (κ2) is 61.0. The molecule has 6 N–H and O–H groups in total. The lowest BCUT2D eigenvalue weighted by molar-refractivity contribution is -0.302. The maximum atomic E-state index is 13.1. The molecule has 0 aromatic carbocycles. The maximum absolute atomic E-state index is 13.1. The molecule has 0 aromatic rings. The highest BCUT2D eigenvalue weighted by Gasteiger charge is 2.44. The van der Waals surface area contributed by atoms with Crippen molar-refractivity contribution in [3.05, 3.63) is 12.2 Å². The smallest absolute Gasteiger partial charge is 0.220 e. The van der Waals surface area contributed by atoms with Crippen LogP contribution in [0.3, 0.4) is 0 Å². The summed E-state index contributed by atoms with van der Waals surface area (Å²) in [6, 6.07) is -0.802. The van der Waals surface area contributed by atoms with Crippen molar-refractivity contribution >= 4 is 5.91 Å². The summed E-state index contributed by atoms with van der Waals surface area (Å²) in [5.74, 6) is -0.167. The van der Waals surface area contributed by atoms with Gasteiger partial charge in [-0.2, -0.15) is 0 Å². The fraction of sp³-hybridized carbons (Fsp3) is 0.958. The first-order chi connectivity index (χ1) is 39.3. The van der Waals surface area contributed by atoms with Gasteiger partial charge in [0.1, 0.15) is 24.4 Å². The van der Waals surface area contributed by atoms with E-state index in [1.54, 1.807) is 6.08 Å². The summed E-state index contributed by atoms with van der Waals surface area (Å²) < 4.78 is 11.3. The van der Waals surface area contributed by atoms with Gasteiger partial charge in [-0.25, -0.2) is 0 Å². The normalized spacial score (nSPS) is 18.4. The minimum absolute atomic E-state index is 0.167. The first-order valence-electron chi connectivity index (χ1n) is 35.9. The molecular formula is C71H139NO8. The van der Waals surface area contributed by atoms with Crippen molar-refractivity contribution < 1.29 is 39.8 Å². The highest BCUT2D eigenvalue weighted by atomic mass is 16.7. The van der Waals surface area contributed by atoms with Crippen LogP contribution in [0.4, 0.5) is 0 Å². The number of rotatable bonds is 64. The van der Waals surface area contributed by atoms with Crippen molar-refractivity contribution in [3.63, 3.8) is 0 Å². The summed E-state index contributed by atoms with van der Waals surface area (Å²) >= 11 is 0. The van der Waals surface area contributed by atoms with E-state index in [2.05, 4.69) is 19.2 Å². The Kier molecular flexibility index (Phi) is 58.7. The highest BCUT2D eigenvalue weighted by molar-refractivity contribution is 5.76. The van der Waals surface area contributed by atoms with Crippen LogP contribution in [0.25, 0.3) is 0 Å². The van der Waals surface area contributed by atoms with Crippen LogP contribution in [-0.2, 0) is 14.3 Å². The molecule has 1 saturated heterocycles. The topological polar surface area (TPSA) is 149 Å². The number of aliphatic hydroxyl groups excluding tert-OH is 5. The van der Waals surface area contributed by atoms with Gasteiger partial charge in [-0.3, -0.25) is 4.79 Å². The van der Waals surface area contributed by atoms with E-state index in [1.165, 1.54) is 321 Å². The molecule has 1 heterocycles. The number of unbranched alkanes of at least 4 members (excludes halogenated alkanes) is 54. The number of hydrogen-bond donors (Lipinski definition) is 6. The van der Waals surface area contributed by atoms with Crippen LogP contribution in [-0.4, -0.2) is 87.5 Å². The fourth-order valence-corrected chi connectivity index (χ4v) is 12.0. The Hall–Kier alpha value is -1.07. The predicted molar refractivity (Wildman–Crippen MR) is 341 cm³/mol. The Balaban J connectivity index is 2.08. The van der Waals surface area contributed by atoms with E-state index < -0.39 is 49.5 Å². The van der Waals surface area contributed by atoms with E-state index in [9.17, 15) is 30.3 Å². The second-order valence-corrected chi connectivity index (χ2v) is 25.4. The van der Waals surface area contributed by atoms with Gasteiger partial charge in [0.25, 0.3) is 0 Å². The molecule has 0 saturated carbocycles. The average molecular weight is 1130 g/mol. The Labute approximate surface area is 496 Å². The van der Waals surface area contributed by atoms with E-state index in [4.69, 9.17) is 9.47 Å². The van der Waals surface area contributed by atoms with Gasteiger partial charge in [0.2, 0.25) is 5.91 Å². The van der Waals surface area contributed by atoms with E-state index >= 15 is 0 Å². The Morgan fingerprint density at radius 1 is 0.412 bits per heavy atom.